The molecule has 1 fully saturated rings. The number of carbonyl (C=O) groups is 2. The van der Waals surface area contributed by atoms with Crippen LogP contribution in [0, 0.1) is 18.8 Å². The molecule has 1 saturated carbocycles. The third-order valence-electron chi connectivity index (χ3n) is 6.65. The molecule has 34 heavy (non-hydrogen) atoms. The van der Waals surface area contributed by atoms with E-state index in [1.807, 2.05) is 25.1 Å². The van der Waals surface area contributed by atoms with Gasteiger partial charge in [0, 0.05) is 16.8 Å². The molecule has 1 heterocycles. The van der Waals surface area contributed by atoms with Gasteiger partial charge < -0.3 is 5.32 Å². The molecule has 8 heteroatoms. The summed E-state index contributed by atoms with van der Waals surface area (Å²) in [6.07, 6.45) is 6.06. The van der Waals surface area contributed by atoms with Gasteiger partial charge in [0.15, 0.2) is 12.1 Å². The Morgan fingerprint density at radius 1 is 1.21 bits per heavy atom. The van der Waals surface area contributed by atoms with Gasteiger partial charge in [0.05, 0.1) is 11.7 Å². The molecule has 1 aliphatic carbocycles. The third-order valence-corrected chi connectivity index (χ3v) is 7.11. The molecule has 0 bridgehead atoms. The Bertz CT molecular complexity index is 1130. The number of nitrogens with one attached hydrogen (secondary N) is 1. The largest absolute Gasteiger partial charge is 0.346 e. The first-order valence-corrected chi connectivity index (χ1v) is 12.6. The molecule has 0 saturated heterocycles. The number of halogens is 1. The van der Waals surface area contributed by atoms with E-state index >= 15 is 0 Å². The smallest absolute Gasteiger partial charge is 0.223 e. The first kappa shape index (κ1) is 24.3. The molecule has 3 atom stereocenters. The van der Waals surface area contributed by atoms with Crippen molar-refractivity contribution in [2.45, 2.75) is 58.4 Å². The van der Waals surface area contributed by atoms with Crippen molar-refractivity contribution in [3.63, 3.8) is 0 Å². The van der Waals surface area contributed by atoms with Crippen LogP contribution in [0.4, 0.5) is 0 Å². The SMILES string of the molecule is Cc1cc(Br)cc(CCC(=O)[C@H](C)NC(=O)[C@@H]2CC[C@@H](Cc3ccccc3)C2)c1-n1ncnn1. The maximum atomic E-state index is 12.9. The van der Waals surface area contributed by atoms with Crippen molar-refractivity contribution in [1.29, 1.82) is 0 Å². The molecule has 1 aromatic heterocycles. The van der Waals surface area contributed by atoms with Crippen molar-refractivity contribution in [3.05, 3.63) is 70.0 Å². The lowest BCUT2D eigenvalue weighted by Crippen LogP contribution is -2.41. The van der Waals surface area contributed by atoms with Crippen LogP contribution in [-0.2, 0) is 22.4 Å². The van der Waals surface area contributed by atoms with Gasteiger partial charge in [-0.15, -0.1) is 15.0 Å². The Morgan fingerprint density at radius 2 is 2.00 bits per heavy atom. The molecule has 0 radical (unpaired) electrons. The predicted octanol–water partition coefficient (Wildman–Crippen LogP) is 4.40. The summed E-state index contributed by atoms with van der Waals surface area (Å²) in [5, 5.41) is 14.9. The number of tetrazole rings is 1. The quantitative estimate of drug-likeness (QED) is 0.448. The summed E-state index contributed by atoms with van der Waals surface area (Å²) in [7, 11) is 0. The number of carbonyl (C=O) groups excluding carboxylic acids is 2. The fraction of sp³-hybridized carbons (Fsp3) is 0.423. The maximum absolute atomic E-state index is 12.9. The van der Waals surface area contributed by atoms with E-state index in [2.05, 4.69) is 60.9 Å². The minimum atomic E-state index is -0.512. The third kappa shape index (κ3) is 5.97. The monoisotopic (exact) mass is 523 g/mol. The van der Waals surface area contributed by atoms with E-state index in [-0.39, 0.29) is 17.6 Å². The molecule has 1 amide bonds. The average Bonchev–Trinajstić information content (AvgIpc) is 3.50. The van der Waals surface area contributed by atoms with Crippen molar-refractivity contribution in [1.82, 2.24) is 25.5 Å². The summed E-state index contributed by atoms with van der Waals surface area (Å²) in [6.45, 7) is 3.76. The fourth-order valence-corrected chi connectivity index (χ4v) is 5.50. The standard InChI is InChI=1S/C26H30BrN5O2/c1-17-12-23(27)15-21(25(17)32-29-16-28-31-32)10-11-24(33)18(2)30-26(34)22-9-8-20(14-22)13-19-6-4-3-5-7-19/h3-7,12,15-16,18,20,22H,8-11,13-14H2,1-2H3,(H,30,34)/t18-,20-,22+/m0/s1. The molecule has 1 aliphatic rings. The number of rotatable bonds is 9. The van der Waals surface area contributed by atoms with E-state index < -0.39 is 6.04 Å². The van der Waals surface area contributed by atoms with E-state index in [4.69, 9.17) is 0 Å². The lowest BCUT2D eigenvalue weighted by Gasteiger charge is -2.17. The van der Waals surface area contributed by atoms with Crippen molar-refractivity contribution in [3.8, 4) is 5.69 Å². The van der Waals surface area contributed by atoms with Crippen LogP contribution in [0.3, 0.4) is 0 Å². The number of hydrogen-bond donors (Lipinski definition) is 1. The summed E-state index contributed by atoms with van der Waals surface area (Å²) in [5.74, 6) is 0.527. The molecule has 0 aliphatic heterocycles. The van der Waals surface area contributed by atoms with Gasteiger partial charge in [0.25, 0.3) is 0 Å². The number of Topliss-reactive ketones (excluding diaryl/α,β-unsaturated/α-hetero) is 1. The highest BCUT2D eigenvalue weighted by Gasteiger charge is 2.31. The molecular formula is C26H30BrN5O2. The van der Waals surface area contributed by atoms with Crippen LogP contribution in [0.15, 0.2) is 53.3 Å². The van der Waals surface area contributed by atoms with Crippen LogP contribution in [0.1, 0.15) is 49.3 Å². The molecule has 1 N–H and O–H groups in total. The van der Waals surface area contributed by atoms with Gasteiger partial charge in [-0.2, -0.15) is 0 Å². The van der Waals surface area contributed by atoms with Crippen molar-refractivity contribution >= 4 is 27.6 Å². The number of ketones is 1. The Kier molecular flexibility index (Phi) is 7.88. The number of aromatic nitrogens is 4. The van der Waals surface area contributed by atoms with Crippen molar-refractivity contribution < 1.29 is 9.59 Å². The highest BCUT2D eigenvalue weighted by Crippen LogP contribution is 2.33. The summed E-state index contributed by atoms with van der Waals surface area (Å²) >= 11 is 3.53. The normalized spacial score (nSPS) is 18.6. The fourth-order valence-electron chi connectivity index (χ4n) is 4.88. The molecule has 0 spiro atoms. The van der Waals surface area contributed by atoms with E-state index in [9.17, 15) is 9.59 Å². The zero-order valence-electron chi connectivity index (χ0n) is 19.6. The summed E-state index contributed by atoms with van der Waals surface area (Å²) in [4.78, 5) is 27.2. The molecular weight excluding hydrogens is 494 g/mol. The van der Waals surface area contributed by atoms with Gasteiger partial charge in [0.2, 0.25) is 5.91 Å². The number of aryl methyl sites for hydroxylation is 2. The summed E-state index contributed by atoms with van der Waals surface area (Å²) < 4.78 is 0.934. The van der Waals surface area contributed by atoms with Gasteiger partial charge in [-0.05, 0) is 85.9 Å². The topological polar surface area (TPSA) is 89.8 Å². The van der Waals surface area contributed by atoms with Gasteiger partial charge in [-0.25, -0.2) is 0 Å². The Morgan fingerprint density at radius 3 is 2.74 bits per heavy atom. The van der Waals surface area contributed by atoms with Crippen molar-refractivity contribution in [2.24, 2.45) is 11.8 Å². The second kappa shape index (κ2) is 11.0. The van der Waals surface area contributed by atoms with Gasteiger partial charge in [-0.3, -0.25) is 9.59 Å². The van der Waals surface area contributed by atoms with Crippen LogP contribution >= 0.6 is 15.9 Å². The van der Waals surface area contributed by atoms with Crippen molar-refractivity contribution in [2.75, 3.05) is 0 Å². The average molecular weight is 524 g/mol. The number of benzene rings is 2. The highest BCUT2D eigenvalue weighted by molar-refractivity contribution is 9.10. The zero-order chi connectivity index (χ0) is 24.1. The first-order chi connectivity index (χ1) is 16.4. The van der Waals surface area contributed by atoms with Crippen LogP contribution in [0.25, 0.3) is 5.69 Å². The number of amides is 1. The molecule has 3 aromatic rings. The molecule has 0 unspecified atom stereocenters. The maximum Gasteiger partial charge on any atom is 0.223 e. The van der Waals surface area contributed by atoms with Crippen LogP contribution in [0.2, 0.25) is 0 Å². The Hall–Kier alpha value is -2.87. The van der Waals surface area contributed by atoms with E-state index in [1.54, 1.807) is 6.92 Å². The Labute approximate surface area is 208 Å². The molecule has 7 nitrogen and oxygen atoms in total. The number of nitrogens with zero attached hydrogens (tertiary/aromatic N) is 4. The van der Waals surface area contributed by atoms with Crippen LogP contribution in [-0.4, -0.2) is 37.9 Å². The Balaban J connectivity index is 1.30. The van der Waals surface area contributed by atoms with E-state index in [0.29, 0.717) is 18.8 Å². The summed E-state index contributed by atoms with van der Waals surface area (Å²) in [6, 6.07) is 13.9. The predicted molar refractivity (Wildman–Crippen MR) is 134 cm³/mol. The van der Waals surface area contributed by atoms with E-state index in [1.165, 1.54) is 16.7 Å². The van der Waals surface area contributed by atoms with Gasteiger partial charge >= 0.3 is 0 Å². The lowest BCUT2D eigenvalue weighted by atomic mass is 9.96. The van der Waals surface area contributed by atoms with E-state index in [0.717, 1.165) is 47.0 Å². The number of hydrogen-bond acceptors (Lipinski definition) is 5. The van der Waals surface area contributed by atoms with Crippen LogP contribution < -0.4 is 5.32 Å². The lowest BCUT2D eigenvalue weighted by molar-refractivity contribution is -0.129. The minimum Gasteiger partial charge on any atom is -0.346 e. The van der Waals surface area contributed by atoms with Gasteiger partial charge in [0.1, 0.15) is 0 Å². The molecule has 4 rings (SSSR count). The molecule has 2 aromatic carbocycles. The second-order valence-corrected chi connectivity index (χ2v) is 10.1. The summed E-state index contributed by atoms with van der Waals surface area (Å²) in [5.41, 5.74) is 4.10. The van der Waals surface area contributed by atoms with Gasteiger partial charge in [-0.1, -0.05) is 46.3 Å². The highest BCUT2D eigenvalue weighted by atomic mass is 79.9. The molecule has 178 valence electrons. The zero-order valence-corrected chi connectivity index (χ0v) is 21.2. The second-order valence-electron chi connectivity index (χ2n) is 9.22. The minimum absolute atomic E-state index is 0.00205. The first-order valence-electron chi connectivity index (χ1n) is 11.8. The van der Waals surface area contributed by atoms with Crippen LogP contribution in [0.5, 0.6) is 0 Å².